The highest BCUT2D eigenvalue weighted by molar-refractivity contribution is 5.95. The first-order valence-corrected chi connectivity index (χ1v) is 8.85. The fourth-order valence-corrected chi connectivity index (χ4v) is 3.26. The van der Waals surface area contributed by atoms with E-state index in [1.165, 1.54) is 33.7 Å². The molecule has 7 nitrogen and oxygen atoms in total. The average Bonchev–Trinajstić information content (AvgIpc) is 2.73. The minimum absolute atomic E-state index is 0.00592. The van der Waals surface area contributed by atoms with Crippen LogP contribution in [0, 0.1) is 5.82 Å². The Hall–Kier alpha value is -3.55. The van der Waals surface area contributed by atoms with Gasteiger partial charge in [0.25, 0.3) is 17.4 Å². The number of carbonyl (C=O) groups is 2. The molecule has 3 aromatic rings. The third kappa shape index (κ3) is 3.24. The maximum Gasteiger partial charge on any atom is 0.270 e. The van der Waals surface area contributed by atoms with Crippen LogP contribution < -0.4 is 5.56 Å². The Morgan fingerprint density at radius 1 is 0.929 bits per heavy atom. The predicted octanol–water partition coefficient (Wildman–Crippen LogP) is 1.43. The van der Waals surface area contributed by atoms with E-state index >= 15 is 0 Å². The van der Waals surface area contributed by atoms with E-state index in [0.717, 1.165) is 0 Å². The van der Waals surface area contributed by atoms with Crippen LogP contribution in [0.1, 0.15) is 20.7 Å². The topological polar surface area (TPSA) is 75.0 Å². The molecule has 1 saturated heterocycles. The summed E-state index contributed by atoms with van der Waals surface area (Å²) >= 11 is 0. The molecule has 1 fully saturated rings. The van der Waals surface area contributed by atoms with Crippen LogP contribution in [-0.4, -0.2) is 57.2 Å². The van der Waals surface area contributed by atoms with Crippen LogP contribution in [0.25, 0.3) is 5.65 Å². The first-order valence-electron chi connectivity index (χ1n) is 8.85. The van der Waals surface area contributed by atoms with E-state index < -0.39 is 17.3 Å². The number of hydrogen-bond acceptors (Lipinski definition) is 4. The Balaban J connectivity index is 1.48. The molecule has 1 aliphatic heterocycles. The lowest BCUT2D eigenvalue weighted by atomic mass is 10.1. The van der Waals surface area contributed by atoms with Crippen molar-refractivity contribution in [3.05, 3.63) is 82.2 Å². The quantitative estimate of drug-likeness (QED) is 0.674. The van der Waals surface area contributed by atoms with Gasteiger partial charge in [0.05, 0.1) is 0 Å². The number of aromatic nitrogens is 2. The molecule has 0 saturated carbocycles. The van der Waals surface area contributed by atoms with Crippen molar-refractivity contribution in [2.45, 2.75) is 0 Å². The Bertz CT molecular complexity index is 1120. The van der Waals surface area contributed by atoms with E-state index in [0.29, 0.717) is 18.7 Å². The van der Waals surface area contributed by atoms with Crippen molar-refractivity contribution < 1.29 is 14.0 Å². The zero-order valence-corrected chi connectivity index (χ0v) is 14.9. The van der Waals surface area contributed by atoms with Crippen molar-refractivity contribution in [2.75, 3.05) is 26.2 Å². The number of fused-ring (bicyclic) bond motifs is 1. The number of amides is 2. The second-order valence-corrected chi connectivity index (χ2v) is 6.50. The predicted molar refractivity (Wildman–Crippen MR) is 99.7 cm³/mol. The molecule has 1 aromatic carbocycles. The zero-order valence-electron chi connectivity index (χ0n) is 14.9. The molecular formula is C20H17FN4O3. The number of nitrogens with zero attached hydrogens (tertiary/aromatic N) is 4. The van der Waals surface area contributed by atoms with Gasteiger partial charge in [0.15, 0.2) is 0 Å². The van der Waals surface area contributed by atoms with Crippen LogP contribution in [0.3, 0.4) is 0 Å². The van der Waals surface area contributed by atoms with E-state index in [-0.39, 0.29) is 30.1 Å². The number of piperazine rings is 1. The molecule has 2 aromatic heterocycles. The number of rotatable bonds is 2. The van der Waals surface area contributed by atoms with Gasteiger partial charge in [-0.15, -0.1) is 0 Å². The molecule has 0 unspecified atom stereocenters. The smallest absolute Gasteiger partial charge is 0.270 e. The van der Waals surface area contributed by atoms with E-state index in [4.69, 9.17) is 0 Å². The molecule has 3 heterocycles. The van der Waals surface area contributed by atoms with Gasteiger partial charge in [-0.2, -0.15) is 0 Å². The minimum atomic E-state index is -0.469. The lowest BCUT2D eigenvalue weighted by molar-refractivity contribution is 0.0534. The summed E-state index contributed by atoms with van der Waals surface area (Å²) in [5.74, 6) is -1.16. The number of pyridine rings is 1. The van der Waals surface area contributed by atoms with Crippen molar-refractivity contribution in [3.63, 3.8) is 0 Å². The van der Waals surface area contributed by atoms with Crippen LogP contribution >= 0.6 is 0 Å². The Kier molecular flexibility index (Phi) is 4.60. The first-order chi connectivity index (χ1) is 13.5. The molecular weight excluding hydrogens is 363 g/mol. The van der Waals surface area contributed by atoms with Crippen molar-refractivity contribution in [1.82, 2.24) is 19.2 Å². The van der Waals surface area contributed by atoms with Crippen LogP contribution in [0.15, 0.2) is 59.7 Å². The van der Waals surface area contributed by atoms with E-state index in [1.54, 1.807) is 35.4 Å². The lowest BCUT2D eigenvalue weighted by Crippen LogP contribution is -2.51. The number of halogens is 1. The molecule has 0 bridgehead atoms. The van der Waals surface area contributed by atoms with Crippen molar-refractivity contribution >= 4 is 17.5 Å². The Morgan fingerprint density at radius 3 is 2.36 bits per heavy atom. The van der Waals surface area contributed by atoms with Gasteiger partial charge in [-0.1, -0.05) is 12.1 Å². The fraction of sp³-hybridized carbons (Fsp3) is 0.200. The summed E-state index contributed by atoms with van der Waals surface area (Å²) in [6.07, 6.45) is 2.86. The minimum Gasteiger partial charge on any atom is -0.335 e. The van der Waals surface area contributed by atoms with Crippen LogP contribution in [0.5, 0.6) is 0 Å². The van der Waals surface area contributed by atoms with E-state index in [9.17, 15) is 18.8 Å². The summed E-state index contributed by atoms with van der Waals surface area (Å²) in [6, 6.07) is 10.7. The maximum absolute atomic E-state index is 13.3. The summed E-state index contributed by atoms with van der Waals surface area (Å²) in [5.41, 5.74) is 0.314. The maximum atomic E-state index is 13.3. The third-order valence-corrected chi connectivity index (χ3v) is 4.77. The average molecular weight is 380 g/mol. The van der Waals surface area contributed by atoms with Crippen molar-refractivity contribution in [2.24, 2.45) is 0 Å². The van der Waals surface area contributed by atoms with E-state index in [1.807, 2.05) is 0 Å². The van der Waals surface area contributed by atoms with Gasteiger partial charge in [0.1, 0.15) is 17.0 Å². The van der Waals surface area contributed by atoms with Gasteiger partial charge in [-0.05, 0) is 30.3 Å². The standard InChI is InChI=1S/C20H17FN4O3/c21-15-5-3-4-14(12-15)18(26)23-8-10-24(11-9-23)19(27)16-13-22-17-6-1-2-7-25(17)20(16)28/h1-7,12-13H,8-11H2. The van der Waals surface area contributed by atoms with Gasteiger partial charge < -0.3 is 9.80 Å². The van der Waals surface area contributed by atoms with Crippen LogP contribution in [0.2, 0.25) is 0 Å². The van der Waals surface area contributed by atoms with Crippen LogP contribution in [-0.2, 0) is 0 Å². The molecule has 28 heavy (non-hydrogen) atoms. The largest absolute Gasteiger partial charge is 0.335 e. The number of hydrogen-bond donors (Lipinski definition) is 0. The van der Waals surface area contributed by atoms with Gasteiger partial charge in [-0.25, -0.2) is 9.37 Å². The SMILES string of the molecule is O=C(c1cccc(F)c1)N1CCN(C(=O)c2cnc3ccccn3c2=O)CC1. The van der Waals surface area contributed by atoms with Gasteiger partial charge in [-0.3, -0.25) is 18.8 Å². The van der Waals surface area contributed by atoms with Crippen molar-refractivity contribution in [1.29, 1.82) is 0 Å². The molecule has 8 heteroatoms. The summed E-state index contributed by atoms with van der Waals surface area (Å²) in [4.78, 5) is 45.1. The van der Waals surface area contributed by atoms with Gasteiger partial charge in [0, 0.05) is 44.1 Å². The van der Waals surface area contributed by atoms with Gasteiger partial charge >= 0.3 is 0 Å². The molecule has 4 rings (SSSR count). The first kappa shape index (κ1) is 17.8. The zero-order chi connectivity index (χ0) is 19.7. The van der Waals surface area contributed by atoms with Crippen molar-refractivity contribution in [3.8, 4) is 0 Å². The lowest BCUT2D eigenvalue weighted by Gasteiger charge is -2.34. The molecule has 0 atom stereocenters. The summed E-state index contributed by atoms with van der Waals surface area (Å²) < 4.78 is 14.7. The number of benzene rings is 1. The molecule has 0 N–H and O–H groups in total. The normalized spacial score (nSPS) is 14.3. The molecule has 2 amide bonds. The summed E-state index contributed by atoms with van der Waals surface area (Å²) in [5, 5.41) is 0. The highest BCUT2D eigenvalue weighted by atomic mass is 19.1. The second-order valence-electron chi connectivity index (χ2n) is 6.50. The van der Waals surface area contributed by atoms with E-state index in [2.05, 4.69) is 4.98 Å². The fourth-order valence-electron chi connectivity index (χ4n) is 3.26. The molecule has 0 radical (unpaired) electrons. The van der Waals surface area contributed by atoms with Gasteiger partial charge in [0.2, 0.25) is 0 Å². The third-order valence-electron chi connectivity index (χ3n) is 4.77. The monoisotopic (exact) mass is 380 g/mol. The summed E-state index contributed by atoms with van der Waals surface area (Å²) in [7, 11) is 0. The second kappa shape index (κ2) is 7.22. The van der Waals surface area contributed by atoms with Crippen LogP contribution in [0.4, 0.5) is 4.39 Å². The highest BCUT2D eigenvalue weighted by Crippen LogP contribution is 2.12. The Labute approximate surface area is 159 Å². The summed E-state index contributed by atoms with van der Waals surface area (Å²) in [6.45, 7) is 1.19. The highest BCUT2D eigenvalue weighted by Gasteiger charge is 2.27. The molecule has 0 spiro atoms. The molecule has 1 aliphatic rings. The molecule has 142 valence electrons. The molecule has 0 aliphatic carbocycles. The number of carbonyl (C=O) groups excluding carboxylic acids is 2. The Morgan fingerprint density at radius 2 is 1.64 bits per heavy atom.